The Labute approximate surface area is 198 Å². The lowest BCUT2D eigenvalue weighted by molar-refractivity contribution is 0.0600. The standard InChI is InChI=1S/C25H28N4O5/c1-5-8-18-14-21(29(2)28-18)24(31)26-15-16-11-17(25(32)34-4)13-19(12-16)27-23(30)20-9-6-7-10-22(20)33-3/h6-7,9-14H,5,8,15H2,1-4H3,(H,26,31)(H,27,30). The van der Waals surface area contributed by atoms with Crippen molar-refractivity contribution in [3.05, 3.63) is 76.6 Å². The molecule has 3 aromatic rings. The number of methoxy groups -OCH3 is 2. The van der Waals surface area contributed by atoms with Crippen LogP contribution in [-0.2, 0) is 24.8 Å². The molecule has 0 aliphatic heterocycles. The topological polar surface area (TPSA) is 112 Å². The third-order valence-corrected chi connectivity index (χ3v) is 5.15. The number of esters is 1. The molecule has 2 aromatic carbocycles. The van der Waals surface area contributed by atoms with Gasteiger partial charge >= 0.3 is 5.97 Å². The fraction of sp³-hybridized carbons (Fsp3) is 0.280. The number of rotatable bonds is 9. The zero-order valence-corrected chi connectivity index (χ0v) is 19.7. The molecule has 0 saturated carbocycles. The van der Waals surface area contributed by atoms with Crippen molar-refractivity contribution in [1.82, 2.24) is 15.1 Å². The fourth-order valence-electron chi connectivity index (χ4n) is 3.52. The summed E-state index contributed by atoms with van der Waals surface area (Å²) in [6, 6.07) is 13.4. The van der Waals surface area contributed by atoms with Crippen LogP contribution in [0.4, 0.5) is 5.69 Å². The van der Waals surface area contributed by atoms with Gasteiger partial charge in [-0.25, -0.2) is 4.79 Å². The van der Waals surface area contributed by atoms with Gasteiger partial charge in [-0.05, 0) is 48.4 Å². The maximum Gasteiger partial charge on any atom is 0.337 e. The number of aryl methyl sites for hydroxylation is 2. The van der Waals surface area contributed by atoms with E-state index in [1.807, 2.05) is 6.92 Å². The predicted molar refractivity (Wildman–Crippen MR) is 127 cm³/mol. The number of aromatic nitrogens is 2. The van der Waals surface area contributed by atoms with Crippen molar-refractivity contribution in [3.8, 4) is 5.75 Å². The number of carbonyl (C=O) groups excluding carboxylic acids is 3. The lowest BCUT2D eigenvalue weighted by atomic mass is 10.1. The van der Waals surface area contributed by atoms with E-state index in [1.54, 1.807) is 54.2 Å². The van der Waals surface area contributed by atoms with Crippen LogP contribution in [0.15, 0.2) is 48.5 Å². The van der Waals surface area contributed by atoms with Gasteiger partial charge in [-0.2, -0.15) is 5.10 Å². The van der Waals surface area contributed by atoms with Gasteiger partial charge in [-0.15, -0.1) is 0 Å². The second-order valence-corrected chi connectivity index (χ2v) is 7.64. The molecule has 0 aliphatic carbocycles. The van der Waals surface area contributed by atoms with Gasteiger partial charge in [0.25, 0.3) is 11.8 Å². The van der Waals surface area contributed by atoms with Crippen molar-refractivity contribution in [1.29, 1.82) is 0 Å². The lowest BCUT2D eigenvalue weighted by Gasteiger charge is -2.12. The third-order valence-electron chi connectivity index (χ3n) is 5.15. The molecule has 1 aromatic heterocycles. The number of para-hydroxylation sites is 1. The number of benzene rings is 2. The van der Waals surface area contributed by atoms with E-state index < -0.39 is 11.9 Å². The molecular formula is C25H28N4O5. The third kappa shape index (κ3) is 5.80. The van der Waals surface area contributed by atoms with Gasteiger partial charge in [0.1, 0.15) is 11.4 Å². The molecule has 0 bridgehead atoms. The number of carbonyl (C=O) groups is 3. The highest BCUT2D eigenvalue weighted by Gasteiger charge is 2.16. The Bertz CT molecular complexity index is 1200. The van der Waals surface area contributed by atoms with Crippen molar-refractivity contribution in [2.24, 2.45) is 7.05 Å². The van der Waals surface area contributed by atoms with Gasteiger partial charge in [-0.3, -0.25) is 14.3 Å². The Kier molecular flexibility index (Phi) is 8.02. The molecule has 0 radical (unpaired) electrons. The van der Waals surface area contributed by atoms with Crippen molar-refractivity contribution >= 4 is 23.5 Å². The first-order valence-corrected chi connectivity index (χ1v) is 10.8. The minimum Gasteiger partial charge on any atom is -0.496 e. The Morgan fingerprint density at radius 2 is 1.79 bits per heavy atom. The summed E-state index contributed by atoms with van der Waals surface area (Å²) < 4.78 is 11.6. The van der Waals surface area contributed by atoms with Crippen LogP contribution in [0.3, 0.4) is 0 Å². The first-order chi connectivity index (χ1) is 16.4. The van der Waals surface area contributed by atoms with Crippen LogP contribution >= 0.6 is 0 Å². The Hall–Kier alpha value is -4.14. The van der Waals surface area contributed by atoms with E-state index in [0.717, 1.165) is 18.5 Å². The zero-order valence-electron chi connectivity index (χ0n) is 19.7. The quantitative estimate of drug-likeness (QED) is 0.470. The maximum absolute atomic E-state index is 12.8. The number of amides is 2. The second kappa shape index (κ2) is 11.1. The summed E-state index contributed by atoms with van der Waals surface area (Å²) in [6.45, 7) is 2.18. The summed E-state index contributed by atoms with van der Waals surface area (Å²) >= 11 is 0. The largest absolute Gasteiger partial charge is 0.496 e. The molecule has 0 unspecified atom stereocenters. The second-order valence-electron chi connectivity index (χ2n) is 7.64. The van der Waals surface area contributed by atoms with Crippen LogP contribution in [0.1, 0.15) is 55.8 Å². The van der Waals surface area contributed by atoms with E-state index in [9.17, 15) is 14.4 Å². The molecule has 2 amide bonds. The molecule has 9 heteroatoms. The molecule has 9 nitrogen and oxygen atoms in total. The van der Waals surface area contributed by atoms with Crippen LogP contribution < -0.4 is 15.4 Å². The van der Waals surface area contributed by atoms with Gasteiger partial charge in [-0.1, -0.05) is 25.5 Å². The highest BCUT2D eigenvalue weighted by atomic mass is 16.5. The summed E-state index contributed by atoms with van der Waals surface area (Å²) in [7, 11) is 4.48. The van der Waals surface area contributed by atoms with E-state index in [0.29, 0.717) is 28.3 Å². The predicted octanol–water partition coefficient (Wildman–Crippen LogP) is 3.35. The number of nitrogens with one attached hydrogen (secondary N) is 2. The van der Waals surface area contributed by atoms with Crippen molar-refractivity contribution in [2.75, 3.05) is 19.5 Å². The molecule has 2 N–H and O–H groups in total. The van der Waals surface area contributed by atoms with Crippen LogP contribution in [0, 0.1) is 0 Å². The smallest absolute Gasteiger partial charge is 0.337 e. The summed E-state index contributed by atoms with van der Waals surface area (Å²) in [5.74, 6) is -0.819. The van der Waals surface area contributed by atoms with Gasteiger partial charge in [0, 0.05) is 19.3 Å². The molecular weight excluding hydrogens is 436 g/mol. The highest BCUT2D eigenvalue weighted by molar-refractivity contribution is 6.06. The van der Waals surface area contributed by atoms with Crippen molar-refractivity contribution < 1.29 is 23.9 Å². The minimum atomic E-state index is -0.559. The number of hydrogen-bond donors (Lipinski definition) is 2. The Morgan fingerprint density at radius 3 is 2.50 bits per heavy atom. The molecule has 0 saturated heterocycles. The summed E-state index contributed by atoms with van der Waals surface area (Å²) in [5, 5.41) is 9.98. The molecule has 0 aliphatic rings. The first kappa shape index (κ1) is 24.5. The molecule has 3 rings (SSSR count). The van der Waals surface area contributed by atoms with E-state index in [4.69, 9.17) is 9.47 Å². The summed E-state index contributed by atoms with van der Waals surface area (Å²) in [6.07, 6.45) is 1.72. The van der Waals surface area contributed by atoms with Gasteiger partial charge in [0.15, 0.2) is 0 Å². The number of hydrogen-bond acceptors (Lipinski definition) is 6. The molecule has 0 fully saturated rings. The SMILES string of the molecule is CCCc1cc(C(=O)NCc2cc(NC(=O)c3ccccc3OC)cc(C(=O)OC)c2)n(C)n1. The minimum absolute atomic E-state index is 0.134. The van der Waals surface area contributed by atoms with Crippen molar-refractivity contribution in [2.45, 2.75) is 26.3 Å². The van der Waals surface area contributed by atoms with Crippen LogP contribution in [-0.4, -0.2) is 41.8 Å². The van der Waals surface area contributed by atoms with E-state index >= 15 is 0 Å². The Balaban J connectivity index is 1.81. The maximum atomic E-state index is 12.8. The zero-order chi connectivity index (χ0) is 24.7. The van der Waals surface area contributed by atoms with E-state index in [1.165, 1.54) is 20.3 Å². The van der Waals surface area contributed by atoms with E-state index in [-0.39, 0.29) is 18.0 Å². The number of ether oxygens (including phenoxy) is 2. The molecule has 1 heterocycles. The van der Waals surface area contributed by atoms with Crippen LogP contribution in [0.25, 0.3) is 0 Å². The number of anilines is 1. The molecule has 178 valence electrons. The molecule has 0 spiro atoms. The lowest BCUT2D eigenvalue weighted by Crippen LogP contribution is -2.25. The Morgan fingerprint density at radius 1 is 1.03 bits per heavy atom. The average Bonchev–Trinajstić information content (AvgIpc) is 3.22. The summed E-state index contributed by atoms with van der Waals surface area (Å²) in [5.41, 5.74) is 2.88. The normalized spacial score (nSPS) is 10.5. The van der Waals surface area contributed by atoms with Crippen molar-refractivity contribution in [3.63, 3.8) is 0 Å². The van der Waals surface area contributed by atoms with Crippen LogP contribution in [0.2, 0.25) is 0 Å². The van der Waals surface area contributed by atoms with Gasteiger partial charge in [0.05, 0.1) is 31.0 Å². The molecule has 34 heavy (non-hydrogen) atoms. The molecule has 0 atom stereocenters. The van der Waals surface area contributed by atoms with Gasteiger partial charge < -0.3 is 20.1 Å². The van der Waals surface area contributed by atoms with E-state index in [2.05, 4.69) is 15.7 Å². The highest BCUT2D eigenvalue weighted by Crippen LogP contribution is 2.21. The summed E-state index contributed by atoms with van der Waals surface area (Å²) in [4.78, 5) is 37.7. The monoisotopic (exact) mass is 464 g/mol. The average molecular weight is 465 g/mol. The fourth-order valence-corrected chi connectivity index (χ4v) is 3.52. The van der Waals surface area contributed by atoms with Crippen LogP contribution in [0.5, 0.6) is 5.75 Å². The van der Waals surface area contributed by atoms with Gasteiger partial charge in [0.2, 0.25) is 0 Å². The first-order valence-electron chi connectivity index (χ1n) is 10.8. The number of nitrogens with zero attached hydrogens (tertiary/aromatic N) is 2.